The molecule has 1 amide bonds. The van der Waals surface area contributed by atoms with Crippen LogP contribution in [0, 0.1) is 0 Å². The van der Waals surface area contributed by atoms with E-state index >= 15 is 0 Å². The minimum atomic E-state index is -2.93. The van der Waals surface area contributed by atoms with Crippen LogP contribution in [0.15, 0.2) is 30.6 Å². The van der Waals surface area contributed by atoms with Crippen LogP contribution >= 0.6 is 12.4 Å². The molecule has 4 N–H and O–H groups in total. The van der Waals surface area contributed by atoms with Crippen molar-refractivity contribution in [3.63, 3.8) is 0 Å². The zero-order valence-corrected chi connectivity index (χ0v) is 19.1. The molecule has 1 fully saturated rings. The smallest absolute Gasteiger partial charge is 0.387 e. The maximum absolute atomic E-state index is 12.9. The zero-order chi connectivity index (χ0) is 23.1. The van der Waals surface area contributed by atoms with Gasteiger partial charge in [0.25, 0.3) is 5.91 Å². The fourth-order valence-electron chi connectivity index (χ4n) is 4.32. The number of halogens is 3. The van der Waals surface area contributed by atoms with Gasteiger partial charge < -0.3 is 20.8 Å². The number of nitrogens with zero attached hydrogens (tertiary/aromatic N) is 4. The highest BCUT2D eigenvalue weighted by Crippen LogP contribution is 2.31. The van der Waals surface area contributed by atoms with E-state index in [0.717, 1.165) is 31.2 Å². The summed E-state index contributed by atoms with van der Waals surface area (Å²) in [7, 11) is 1.75. The summed E-state index contributed by atoms with van der Waals surface area (Å²) in [6.45, 7) is -2.93. The number of hydrogen-bond acceptors (Lipinski definition) is 6. The Morgan fingerprint density at radius 2 is 2.06 bits per heavy atom. The molecule has 0 bridgehead atoms. The van der Waals surface area contributed by atoms with E-state index in [0.29, 0.717) is 33.5 Å². The van der Waals surface area contributed by atoms with Gasteiger partial charge in [0.15, 0.2) is 5.65 Å². The van der Waals surface area contributed by atoms with Crippen molar-refractivity contribution in [1.82, 2.24) is 30.0 Å². The lowest BCUT2D eigenvalue weighted by Gasteiger charge is -2.26. The number of H-pyrrole nitrogens is 1. The van der Waals surface area contributed by atoms with Gasteiger partial charge in [-0.05, 0) is 43.9 Å². The van der Waals surface area contributed by atoms with Crippen LogP contribution in [0.25, 0.3) is 33.5 Å². The van der Waals surface area contributed by atoms with Gasteiger partial charge in [-0.2, -0.15) is 13.9 Å². The normalized spacial score (nSPS) is 18.3. The Morgan fingerprint density at radius 3 is 2.79 bits per heavy atom. The molecule has 3 heterocycles. The fraction of sp³-hybridized carbons (Fsp3) is 0.364. The standard InChI is InChI=1S/C22H23F2N7O2.ClH/c1-31-17-7-6-13(33-22(23)24)8-14(17)18(30-31)16-10-27-20-19(29-16)15(9-26-20)21(32)28-12-4-2-11(25)3-5-12;/h6-12,22H,2-5,25H2,1H3,(H,26,27)(H,28,32);1H/t11-,12+;. The van der Waals surface area contributed by atoms with E-state index in [4.69, 9.17) is 5.73 Å². The Kier molecular flexibility index (Phi) is 6.67. The first-order valence-electron chi connectivity index (χ1n) is 10.7. The predicted molar refractivity (Wildman–Crippen MR) is 125 cm³/mol. The minimum Gasteiger partial charge on any atom is -0.435 e. The maximum atomic E-state index is 12.9. The second-order valence-electron chi connectivity index (χ2n) is 8.27. The Bertz CT molecular complexity index is 1330. The Morgan fingerprint density at radius 1 is 1.29 bits per heavy atom. The molecule has 0 spiro atoms. The quantitative estimate of drug-likeness (QED) is 0.392. The van der Waals surface area contributed by atoms with Gasteiger partial charge in [-0.15, -0.1) is 12.4 Å². The van der Waals surface area contributed by atoms with E-state index in [-0.39, 0.29) is 36.1 Å². The van der Waals surface area contributed by atoms with Gasteiger partial charge in [0.05, 0.1) is 17.3 Å². The summed E-state index contributed by atoms with van der Waals surface area (Å²) in [5, 5.41) is 8.15. The Hall–Kier alpha value is -3.31. The van der Waals surface area contributed by atoms with Crippen molar-refractivity contribution in [2.75, 3.05) is 0 Å². The summed E-state index contributed by atoms with van der Waals surface area (Å²) >= 11 is 0. The lowest BCUT2D eigenvalue weighted by molar-refractivity contribution is -0.0497. The second kappa shape index (κ2) is 9.51. The number of amides is 1. The first-order valence-corrected chi connectivity index (χ1v) is 10.7. The van der Waals surface area contributed by atoms with E-state index in [9.17, 15) is 13.6 Å². The van der Waals surface area contributed by atoms with Crippen molar-refractivity contribution in [2.24, 2.45) is 12.8 Å². The average Bonchev–Trinajstić information content (AvgIpc) is 3.35. The lowest BCUT2D eigenvalue weighted by atomic mass is 9.92. The van der Waals surface area contributed by atoms with Crippen molar-refractivity contribution < 1.29 is 18.3 Å². The van der Waals surface area contributed by atoms with Crippen LogP contribution in [0.4, 0.5) is 8.78 Å². The lowest BCUT2D eigenvalue weighted by Crippen LogP contribution is -2.40. The van der Waals surface area contributed by atoms with Gasteiger partial charge in [0.1, 0.15) is 22.7 Å². The van der Waals surface area contributed by atoms with Crippen molar-refractivity contribution in [3.05, 3.63) is 36.2 Å². The summed E-state index contributed by atoms with van der Waals surface area (Å²) in [4.78, 5) is 25.0. The highest BCUT2D eigenvalue weighted by molar-refractivity contribution is 6.05. The number of carbonyl (C=O) groups is 1. The first kappa shape index (κ1) is 23.8. The molecule has 1 aromatic carbocycles. The van der Waals surface area contributed by atoms with Gasteiger partial charge >= 0.3 is 6.61 Å². The molecule has 12 heteroatoms. The first-order chi connectivity index (χ1) is 15.9. The number of aromatic amines is 1. The number of rotatable bonds is 5. The molecule has 5 rings (SSSR count). The van der Waals surface area contributed by atoms with Gasteiger partial charge in [-0.1, -0.05) is 0 Å². The van der Waals surface area contributed by atoms with Gasteiger partial charge in [-0.3, -0.25) is 9.48 Å². The fourth-order valence-corrected chi connectivity index (χ4v) is 4.32. The third kappa shape index (κ3) is 4.53. The molecule has 0 radical (unpaired) electrons. The van der Waals surface area contributed by atoms with Crippen LogP contribution in [0.1, 0.15) is 36.0 Å². The van der Waals surface area contributed by atoms with E-state index in [1.165, 1.54) is 18.3 Å². The van der Waals surface area contributed by atoms with E-state index in [1.807, 2.05) is 0 Å². The van der Waals surface area contributed by atoms with E-state index < -0.39 is 6.61 Å². The van der Waals surface area contributed by atoms with Crippen molar-refractivity contribution in [1.29, 1.82) is 0 Å². The number of aryl methyl sites for hydroxylation is 1. The maximum Gasteiger partial charge on any atom is 0.387 e. The Balaban J connectivity index is 0.00000274. The largest absolute Gasteiger partial charge is 0.435 e. The molecule has 3 aromatic heterocycles. The van der Waals surface area contributed by atoms with Crippen molar-refractivity contribution in [3.8, 4) is 17.1 Å². The average molecular weight is 492 g/mol. The number of ether oxygens (including phenoxy) is 1. The number of fused-ring (bicyclic) bond motifs is 2. The molecule has 0 unspecified atom stereocenters. The molecule has 1 aliphatic rings. The molecule has 0 atom stereocenters. The van der Waals surface area contributed by atoms with Crippen LogP contribution in [0.3, 0.4) is 0 Å². The van der Waals surface area contributed by atoms with Crippen molar-refractivity contribution in [2.45, 2.75) is 44.4 Å². The number of benzene rings is 1. The number of carbonyl (C=O) groups excluding carboxylic acids is 1. The van der Waals surface area contributed by atoms with Crippen LogP contribution in [0.2, 0.25) is 0 Å². The molecule has 1 saturated carbocycles. The van der Waals surface area contributed by atoms with Crippen LogP contribution in [-0.2, 0) is 7.05 Å². The number of alkyl halides is 2. The summed E-state index contributed by atoms with van der Waals surface area (Å²) in [6.07, 6.45) is 6.57. The monoisotopic (exact) mass is 491 g/mol. The second-order valence-corrected chi connectivity index (χ2v) is 8.27. The van der Waals surface area contributed by atoms with E-state index in [2.05, 4.69) is 30.1 Å². The zero-order valence-electron chi connectivity index (χ0n) is 18.3. The molecule has 0 saturated heterocycles. The molecule has 4 aromatic rings. The van der Waals surface area contributed by atoms with Gasteiger partial charge in [-0.25, -0.2) is 9.97 Å². The number of nitrogens with one attached hydrogen (secondary N) is 2. The number of nitrogens with two attached hydrogens (primary N) is 1. The van der Waals surface area contributed by atoms with E-state index in [1.54, 1.807) is 24.0 Å². The molecule has 0 aliphatic heterocycles. The summed E-state index contributed by atoms with van der Waals surface area (Å²) in [6, 6.07) is 4.88. The topological polar surface area (TPSA) is 124 Å². The molecule has 9 nitrogen and oxygen atoms in total. The van der Waals surface area contributed by atoms with Crippen LogP contribution in [-0.4, -0.2) is 49.3 Å². The molecule has 34 heavy (non-hydrogen) atoms. The Labute approximate surface area is 199 Å². The number of hydrogen-bond donors (Lipinski definition) is 3. The summed E-state index contributed by atoms with van der Waals surface area (Å²) < 4.78 is 31.5. The highest BCUT2D eigenvalue weighted by Gasteiger charge is 2.23. The van der Waals surface area contributed by atoms with Crippen molar-refractivity contribution >= 4 is 40.4 Å². The molecular formula is C22H24ClF2N7O2. The summed E-state index contributed by atoms with van der Waals surface area (Å²) in [5.74, 6) is -0.207. The molecular weight excluding hydrogens is 468 g/mol. The number of aromatic nitrogens is 5. The third-order valence-corrected chi connectivity index (χ3v) is 6.02. The minimum absolute atomic E-state index is 0. The third-order valence-electron chi connectivity index (χ3n) is 6.02. The highest BCUT2D eigenvalue weighted by atomic mass is 35.5. The van der Waals surface area contributed by atoms with Gasteiger partial charge in [0.2, 0.25) is 0 Å². The summed E-state index contributed by atoms with van der Waals surface area (Å²) in [5.41, 5.74) is 8.81. The van der Waals surface area contributed by atoms with Crippen LogP contribution in [0.5, 0.6) is 5.75 Å². The van der Waals surface area contributed by atoms with Gasteiger partial charge in [0, 0.05) is 30.7 Å². The SMILES string of the molecule is Cl.Cn1nc(-c2cnc3[nH]cc(C(=O)N[C@H]4CC[C@@H](N)CC4)c3n2)c2cc(OC(F)F)ccc21. The van der Waals surface area contributed by atoms with Crippen LogP contribution < -0.4 is 15.8 Å². The predicted octanol–water partition coefficient (Wildman–Crippen LogP) is 3.53. The molecule has 180 valence electrons. The molecule has 1 aliphatic carbocycles.